The molecule has 1 heterocycles. The topological polar surface area (TPSA) is 46.3 Å². The first kappa shape index (κ1) is 14.4. The van der Waals surface area contributed by atoms with Crippen LogP contribution < -0.4 is 5.73 Å². The fourth-order valence-corrected chi connectivity index (χ4v) is 4.92. The number of likely N-dealkylation sites (tertiary alicyclic amines) is 1. The molecule has 114 valence electrons. The summed E-state index contributed by atoms with van der Waals surface area (Å²) in [5.41, 5.74) is 5.88. The van der Waals surface area contributed by atoms with Gasteiger partial charge in [0.05, 0.1) is 5.41 Å². The van der Waals surface area contributed by atoms with E-state index in [-0.39, 0.29) is 5.41 Å². The predicted molar refractivity (Wildman–Crippen MR) is 81.3 cm³/mol. The molecule has 0 aromatic rings. The Morgan fingerprint density at radius 3 is 2.40 bits per heavy atom. The van der Waals surface area contributed by atoms with Gasteiger partial charge < -0.3 is 10.6 Å². The Morgan fingerprint density at radius 1 is 1.00 bits per heavy atom. The Morgan fingerprint density at radius 2 is 1.70 bits per heavy atom. The summed E-state index contributed by atoms with van der Waals surface area (Å²) in [5.74, 6) is 1.20. The molecular weight excluding hydrogens is 248 g/mol. The molecule has 0 bridgehead atoms. The van der Waals surface area contributed by atoms with Gasteiger partial charge in [0.2, 0.25) is 5.91 Å². The quantitative estimate of drug-likeness (QED) is 0.789. The number of fused-ring (bicyclic) bond motifs is 1. The van der Waals surface area contributed by atoms with Gasteiger partial charge >= 0.3 is 0 Å². The maximum absolute atomic E-state index is 13.2. The third-order valence-corrected chi connectivity index (χ3v) is 6.16. The number of hydrogen-bond acceptors (Lipinski definition) is 2. The van der Waals surface area contributed by atoms with E-state index in [0.717, 1.165) is 25.3 Å². The second-order valence-corrected chi connectivity index (χ2v) is 7.30. The third-order valence-electron chi connectivity index (χ3n) is 6.16. The summed E-state index contributed by atoms with van der Waals surface area (Å²) in [6, 6.07) is 0.544. The molecule has 0 radical (unpaired) electrons. The van der Waals surface area contributed by atoms with Gasteiger partial charge in [0, 0.05) is 19.1 Å². The summed E-state index contributed by atoms with van der Waals surface area (Å²) in [7, 11) is 0. The lowest BCUT2D eigenvalue weighted by Crippen LogP contribution is -2.54. The zero-order valence-electron chi connectivity index (χ0n) is 12.8. The van der Waals surface area contributed by atoms with E-state index in [1.807, 2.05) is 0 Å². The molecule has 3 nitrogen and oxygen atoms in total. The maximum Gasteiger partial charge on any atom is 0.230 e. The molecule has 0 spiro atoms. The molecule has 2 aliphatic carbocycles. The highest BCUT2D eigenvalue weighted by Crippen LogP contribution is 2.42. The molecule has 1 saturated heterocycles. The van der Waals surface area contributed by atoms with Crippen molar-refractivity contribution in [3.63, 3.8) is 0 Å². The predicted octanol–water partition coefficient (Wildman–Crippen LogP) is 3.08. The number of carbonyl (C=O) groups is 1. The number of amides is 1. The van der Waals surface area contributed by atoms with Gasteiger partial charge in [-0.05, 0) is 44.4 Å². The first-order valence-electron chi connectivity index (χ1n) is 8.78. The van der Waals surface area contributed by atoms with E-state index in [0.29, 0.717) is 18.5 Å². The number of piperidine rings is 1. The normalized spacial score (nSPS) is 33.5. The van der Waals surface area contributed by atoms with Gasteiger partial charge in [0.25, 0.3) is 0 Å². The first-order valence-corrected chi connectivity index (χ1v) is 8.78. The Hall–Kier alpha value is -0.570. The van der Waals surface area contributed by atoms with Gasteiger partial charge in [-0.15, -0.1) is 0 Å². The summed E-state index contributed by atoms with van der Waals surface area (Å²) < 4.78 is 0. The second-order valence-electron chi connectivity index (χ2n) is 7.30. The summed E-state index contributed by atoms with van der Waals surface area (Å²) >= 11 is 0. The molecule has 3 heteroatoms. The monoisotopic (exact) mass is 278 g/mol. The maximum atomic E-state index is 13.2. The Balaban J connectivity index is 1.78. The van der Waals surface area contributed by atoms with Crippen LogP contribution in [0.5, 0.6) is 0 Å². The van der Waals surface area contributed by atoms with Crippen LogP contribution in [0.3, 0.4) is 0 Å². The summed E-state index contributed by atoms with van der Waals surface area (Å²) in [5, 5.41) is 0. The minimum absolute atomic E-state index is 0.221. The lowest BCUT2D eigenvalue weighted by atomic mass is 9.77. The van der Waals surface area contributed by atoms with Crippen LogP contribution in [0.1, 0.15) is 70.6 Å². The van der Waals surface area contributed by atoms with Crippen molar-refractivity contribution in [2.75, 3.05) is 13.1 Å². The van der Waals surface area contributed by atoms with Crippen LogP contribution in [0.2, 0.25) is 0 Å². The molecule has 1 aliphatic heterocycles. The molecule has 20 heavy (non-hydrogen) atoms. The van der Waals surface area contributed by atoms with Crippen LogP contribution in [-0.2, 0) is 4.79 Å². The lowest BCUT2D eigenvalue weighted by Gasteiger charge is -2.43. The smallest absolute Gasteiger partial charge is 0.230 e. The molecule has 0 aromatic carbocycles. The average molecular weight is 278 g/mol. The number of hydrogen-bond donors (Lipinski definition) is 1. The largest absolute Gasteiger partial charge is 0.339 e. The van der Waals surface area contributed by atoms with E-state index in [1.54, 1.807) is 0 Å². The van der Waals surface area contributed by atoms with Crippen molar-refractivity contribution in [1.29, 1.82) is 0 Å². The molecule has 3 aliphatic rings. The first-order chi connectivity index (χ1) is 9.77. The summed E-state index contributed by atoms with van der Waals surface area (Å²) in [4.78, 5) is 15.5. The van der Waals surface area contributed by atoms with Crippen LogP contribution >= 0.6 is 0 Å². The molecule has 2 saturated carbocycles. The molecule has 2 N–H and O–H groups in total. The SMILES string of the molecule is NCC1(C(=O)N2CCCC3CCCC32)CCCCCC1. The second kappa shape index (κ2) is 6.05. The van der Waals surface area contributed by atoms with Gasteiger partial charge in [-0.2, -0.15) is 0 Å². The van der Waals surface area contributed by atoms with Crippen LogP contribution in [0.15, 0.2) is 0 Å². The number of nitrogens with two attached hydrogens (primary N) is 1. The van der Waals surface area contributed by atoms with Crippen molar-refractivity contribution < 1.29 is 4.79 Å². The third kappa shape index (κ3) is 2.49. The van der Waals surface area contributed by atoms with E-state index in [9.17, 15) is 4.79 Å². The van der Waals surface area contributed by atoms with Crippen molar-refractivity contribution in [2.24, 2.45) is 17.1 Å². The Kier molecular flexibility index (Phi) is 4.34. The van der Waals surface area contributed by atoms with E-state index in [4.69, 9.17) is 5.73 Å². The highest BCUT2D eigenvalue weighted by Gasteiger charge is 2.45. The van der Waals surface area contributed by atoms with E-state index in [1.165, 1.54) is 57.8 Å². The average Bonchev–Trinajstić information content (AvgIpc) is 2.83. The van der Waals surface area contributed by atoms with Gasteiger partial charge in [0.15, 0.2) is 0 Å². The zero-order chi connectivity index (χ0) is 14.0. The van der Waals surface area contributed by atoms with Crippen molar-refractivity contribution in [2.45, 2.75) is 76.7 Å². The van der Waals surface area contributed by atoms with Gasteiger partial charge in [-0.3, -0.25) is 4.79 Å². The minimum Gasteiger partial charge on any atom is -0.339 e. The molecule has 1 amide bonds. The number of nitrogens with zero attached hydrogens (tertiary/aromatic N) is 1. The summed E-state index contributed by atoms with van der Waals surface area (Å²) in [6.07, 6.45) is 13.4. The van der Waals surface area contributed by atoms with E-state index >= 15 is 0 Å². The van der Waals surface area contributed by atoms with E-state index < -0.39 is 0 Å². The van der Waals surface area contributed by atoms with Crippen LogP contribution in [-0.4, -0.2) is 29.9 Å². The standard InChI is InChI=1S/C17H30N2O/c18-13-17(10-3-1-2-4-11-17)16(20)19-12-6-8-14-7-5-9-15(14)19/h14-15H,1-13,18H2. The lowest BCUT2D eigenvalue weighted by molar-refractivity contribution is -0.147. The van der Waals surface area contributed by atoms with Crippen molar-refractivity contribution in [1.82, 2.24) is 4.90 Å². The van der Waals surface area contributed by atoms with Crippen LogP contribution in [0, 0.1) is 11.3 Å². The van der Waals surface area contributed by atoms with Crippen molar-refractivity contribution in [3.8, 4) is 0 Å². The van der Waals surface area contributed by atoms with Crippen LogP contribution in [0.25, 0.3) is 0 Å². The van der Waals surface area contributed by atoms with Crippen molar-refractivity contribution >= 4 is 5.91 Å². The Bertz CT molecular complexity index is 347. The highest BCUT2D eigenvalue weighted by molar-refractivity contribution is 5.83. The number of carbonyl (C=O) groups excluding carboxylic acids is 1. The molecule has 2 atom stereocenters. The van der Waals surface area contributed by atoms with Gasteiger partial charge in [-0.25, -0.2) is 0 Å². The van der Waals surface area contributed by atoms with E-state index in [2.05, 4.69) is 4.90 Å². The molecule has 0 aromatic heterocycles. The molecule has 2 unspecified atom stereocenters. The fraction of sp³-hybridized carbons (Fsp3) is 0.941. The Labute approximate surface area is 123 Å². The molecular formula is C17H30N2O. The van der Waals surface area contributed by atoms with Crippen molar-refractivity contribution in [3.05, 3.63) is 0 Å². The zero-order valence-corrected chi connectivity index (χ0v) is 12.8. The highest BCUT2D eigenvalue weighted by atomic mass is 16.2. The molecule has 3 fully saturated rings. The van der Waals surface area contributed by atoms with Gasteiger partial charge in [-0.1, -0.05) is 32.1 Å². The van der Waals surface area contributed by atoms with Crippen LogP contribution in [0.4, 0.5) is 0 Å². The minimum atomic E-state index is -0.221. The van der Waals surface area contributed by atoms with Gasteiger partial charge in [0.1, 0.15) is 0 Å². The molecule has 3 rings (SSSR count). The summed E-state index contributed by atoms with van der Waals surface area (Å²) in [6.45, 7) is 1.54. The number of rotatable bonds is 2. The fourth-order valence-electron chi connectivity index (χ4n) is 4.92.